The maximum atomic E-state index is 12.9. The lowest BCUT2D eigenvalue weighted by Crippen LogP contribution is -3.11. The lowest BCUT2D eigenvalue weighted by atomic mass is 10.0. The van der Waals surface area contributed by atoms with E-state index >= 15 is 0 Å². The number of nitrogens with zero attached hydrogens (tertiary/aromatic N) is 1. The molecule has 1 atom stereocenters. The summed E-state index contributed by atoms with van der Waals surface area (Å²) in [5, 5.41) is 3.20. The maximum Gasteiger partial charge on any atom is 0.251 e. The minimum atomic E-state index is -0.00637. The van der Waals surface area contributed by atoms with Gasteiger partial charge in [-0.3, -0.25) is 4.79 Å². The van der Waals surface area contributed by atoms with E-state index in [2.05, 4.69) is 60.7 Å². The first-order valence-corrected chi connectivity index (χ1v) is 11.2. The Kier molecular flexibility index (Phi) is 6.68. The van der Waals surface area contributed by atoms with Crippen molar-refractivity contribution in [1.29, 1.82) is 0 Å². The van der Waals surface area contributed by atoms with Gasteiger partial charge in [-0.2, -0.15) is 0 Å². The highest BCUT2D eigenvalue weighted by atomic mass is 16.1. The Labute approximate surface area is 185 Å². The highest BCUT2D eigenvalue weighted by molar-refractivity contribution is 5.94. The topological polar surface area (TPSA) is 36.8 Å². The molecule has 1 aliphatic rings. The van der Waals surface area contributed by atoms with Gasteiger partial charge in [0, 0.05) is 43.8 Å². The molecule has 0 unspecified atom stereocenters. The summed E-state index contributed by atoms with van der Waals surface area (Å²) in [5.74, 6) is -0.00637. The summed E-state index contributed by atoms with van der Waals surface area (Å²) >= 11 is 0. The van der Waals surface area contributed by atoms with Crippen LogP contribution >= 0.6 is 0 Å². The molecule has 4 heteroatoms. The Hall–Kier alpha value is -3.11. The zero-order valence-electron chi connectivity index (χ0n) is 18.5. The molecule has 2 N–H and O–H groups in total. The van der Waals surface area contributed by atoms with E-state index in [1.54, 1.807) is 4.90 Å². The Bertz CT molecular complexity index is 975. The van der Waals surface area contributed by atoms with Gasteiger partial charge in [-0.15, -0.1) is 0 Å². The van der Waals surface area contributed by atoms with Crippen LogP contribution in [-0.4, -0.2) is 39.6 Å². The SMILES string of the molecule is CN(C)c1ccc([C@H](CNC(=O)c2ccc(-c3ccccc3)cc2)[NH+]2CCCC2)cc1. The highest BCUT2D eigenvalue weighted by Gasteiger charge is 2.28. The van der Waals surface area contributed by atoms with Crippen LogP contribution in [0.3, 0.4) is 0 Å². The van der Waals surface area contributed by atoms with E-state index in [4.69, 9.17) is 0 Å². The van der Waals surface area contributed by atoms with Crippen LogP contribution in [0.2, 0.25) is 0 Å². The summed E-state index contributed by atoms with van der Waals surface area (Å²) in [6, 6.07) is 27.2. The summed E-state index contributed by atoms with van der Waals surface area (Å²) in [4.78, 5) is 16.5. The van der Waals surface area contributed by atoms with Crippen molar-refractivity contribution in [3.05, 3.63) is 90.0 Å². The van der Waals surface area contributed by atoms with E-state index < -0.39 is 0 Å². The van der Waals surface area contributed by atoms with Crippen molar-refractivity contribution >= 4 is 11.6 Å². The molecule has 1 fully saturated rings. The molecule has 1 amide bonds. The van der Waals surface area contributed by atoms with Crippen LogP contribution in [0.15, 0.2) is 78.9 Å². The molecule has 1 aliphatic heterocycles. The predicted octanol–water partition coefficient (Wildman–Crippen LogP) is 3.57. The fourth-order valence-electron chi connectivity index (χ4n) is 4.42. The largest absolute Gasteiger partial charge is 0.378 e. The molecule has 0 aromatic heterocycles. The number of carbonyl (C=O) groups is 1. The van der Waals surface area contributed by atoms with Crippen molar-refractivity contribution in [2.24, 2.45) is 0 Å². The van der Waals surface area contributed by atoms with Crippen molar-refractivity contribution in [3.8, 4) is 11.1 Å². The van der Waals surface area contributed by atoms with Crippen molar-refractivity contribution in [3.63, 3.8) is 0 Å². The molecule has 3 aromatic carbocycles. The summed E-state index contributed by atoms with van der Waals surface area (Å²) in [6.07, 6.45) is 2.52. The summed E-state index contributed by atoms with van der Waals surface area (Å²) in [5.41, 5.74) is 5.48. The van der Waals surface area contributed by atoms with E-state index in [-0.39, 0.29) is 11.9 Å². The number of carbonyl (C=O) groups excluding carboxylic acids is 1. The minimum Gasteiger partial charge on any atom is -0.378 e. The lowest BCUT2D eigenvalue weighted by molar-refractivity contribution is -0.918. The number of rotatable bonds is 7. The summed E-state index contributed by atoms with van der Waals surface area (Å²) in [6.45, 7) is 2.99. The Morgan fingerprint density at radius 2 is 1.48 bits per heavy atom. The van der Waals surface area contributed by atoms with Crippen molar-refractivity contribution in [2.75, 3.05) is 38.6 Å². The Morgan fingerprint density at radius 3 is 2.10 bits per heavy atom. The van der Waals surface area contributed by atoms with Gasteiger partial charge in [0.2, 0.25) is 0 Å². The zero-order chi connectivity index (χ0) is 21.6. The highest BCUT2D eigenvalue weighted by Crippen LogP contribution is 2.20. The third-order valence-electron chi connectivity index (χ3n) is 6.27. The van der Waals surface area contributed by atoms with Gasteiger partial charge in [0.1, 0.15) is 6.04 Å². The number of hydrogen-bond acceptors (Lipinski definition) is 2. The normalized spacial score (nSPS) is 14.9. The van der Waals surface area contributed by atoms with Gasteiger partial charge in [0.15, 0.2) is 0 Å². The molecule has 0 radical (unpaired) electrons. The molecule has 0 aliphatic carbocycles. The standard InChI is InChI=1S/C27H31N3O/c1-29(2)25-16-14-23(15-17-25)26(30-18-6-7-19-30)20-28-27(31)24-12-10-22(11-13-24)21-8-4-3-5-9-21/h3-5,8-17,26H,6-7,18-20H2,1-2H3,(H,28,31)/p+1/t26-/m0/s1. The molecule has 0 saturated carbocycles. The summed E-state index contributed by atoms with van der Waals surface area (Å²) in [7, 11) is 4.11. The van der Waals surface area contributed by atoms with Gasteiger partial charge in [0.25, 0.3) is 5.91 Å². The van der Waals surface area contributed by atoms with E-state index in [0.29, 0.717) is 12.1 Å². The fraction of sp³-hybridized carbons (Fsp3) is 0.296. The van der Waals surface area contributed by atoms with Crippen molar-refractivity contribution < 1.29 is 9.69 Å². The van der Waals surface area contributed by atoms with Gasteiger partial charge in [-0.05, 0) is 35.4 Å². The first-order chi connectivity index (χ1) is 15.1. The minimum absolute atomic E-state index is 0.00637. The second kappa shape index (κ2) is 9.80. The first kappa shape index (κ1) is 21.1. The van der Waals surface area contributed by atoms with Gasteiger partial charge < -0.3 is 15.1 Å². The lowest BCUT2D eigenvalue weighted by Gasteiger charge is -2.26. The van der Waals surface area contributed by atoms with Crippen LogP contribution in [-0.2, 0) is 0 Å². The number of likely N-dealkylation sites (tertiary alicyclic amines) is 1. The number of nitrogens with one attached hydrogen (secondary N) is 2. The average Bonchev–Trinajstić information content (AvgIpc) is 3.35. The Balaban J connectivity index is 1.44. The molecule has 160 valence electrons. The number of quaternary nitrogens is 1. The van der Waals surface area contributed by atoms with E-state index in [0.717, 1.165) is 11.1 Å². The first-order valence-electron chi connectivity index (χ1n) is 11.2. The van der Waals surface area contributed by atoms with Crippen LogP contribution < -0.4 is 15.1 Å². The molecule has 1 heterocycles. The van der Waals surface area contributed by atoms with E-state index in [1.807, 2.05) is 42.5 Å². The molecule has 0 bridgehead atoms. The van der Waals surface area contributed by atoms with Crippen LogP contribution in [0.1, 0.15) is 34.8 Å². The van der Waals surface area contributed by atoms with Crippen LogP contribution in [0.25, 0.3) is 11.1 Å². The quantitative estimate of drug-likeness (QED) is 0.620. The van der Waals surface area contributed by atoms with Gasteiger partial charge in [-0.25, -0.2) is 0 Å². The van der Waals surface area contributed by atoms with Crippen LogP contribution in [0, 0.1) is 0 Å². The Morgan fingerprint density at radius 1 is 0.871 bits per heavy atom. The molecule has 4 rings (SSSR count). The smallest absolute Gasteiger partial charge is 0.251 e. The molecule has 0 spiro atoms. The second-order valence-electron chi connectivity index (χ2n) is 8.56. The van der Waals surface area contributed by atoms with Crippen molar-refractivity contribution in [1.82, 2.24) is 5.32 Å². The molecule has 3 aromatic rings. The molecule has 1 saturated heterocycles. The number of anilines is 1. The van der Waals surface area contributed by atoms with Gasteiger partial charge >= 0.3 is 0 Å². The third kappa shape index (κ3) is 5.15. The molecule has 31 heavy (non-hydrogen) atoms. The third-order valence-corrected chi connectivity index (χ3v) is 6.27. The van der Waals surface area contributed by atoms with E-state index in [1.165, 1.54) is 37.2 Å². The summed E-state index contributed by atoms with van der Waals surface area (Å²) < 4.78 is 0. The predicted molar refractivity (Wildman–Crippen MR) is 128 cm³/mol. The number of benzene rings is 3. The maximum absolute atomic E-state index is 12.9. The van der Waals surface area contributed by atoms with Gasteiger partial charge in [-0.1, -0.05) is 54.6 Å². The van der Waals surface area contributed by atoms with Crippen LogP contribution in [0.4, 0.5) is 5.69 Å². The zero-order valence-corrected chi connectivity index (χ0v) is 18.5. The fourth-order valence-corrected chi connectivity index (χ4v) is 4.42. The number of hydrogen-bond donors (Lipinski definition) is 2. The van der Waals surface area contributed by atoms with Gasteiger partial charge in [0.05, 0.1) is 19.6 Å². The number of amides is 1. The molecule has 4 nitrogen and oxygen atoms in total. The van der Waals surface area contributed by atoms with Crippen LogP contribution in [0.5, 0.6) is 0 Å². The molecular weight excluding hydrogens is 382 g/mol. The van der Waals surface area contributed by atoms with Crippen molar-refractivity contribution in [2.45, 2.75) is 18.9 Å². The monoisotopic (exact) mass is 414 g/mol. The molecular formula is C27H32N3O+. The second-order valence-corrected chi connectivity index (χ2v) is 8.56. The van der Waals surface area contributed by atoms with E-state index in [9.17, 15) is 4.79 Å². The average molecular weight is 415 g/mol.